The maximum absolute atomic E-state index is 13.3. The molecule has 2 atom stereocenters. The van der Waals surface area contributed by atoms with E-state index >= 15 is 0 Å². The van der Waals surface area contributed by atoms with Crippen molar-refractivity contribution < 1.29 is 8.78 Å². The summed E-state index contributed by atoms with van der Waals surface area (Å²) in [6.45, 7) is 6.91. The fourth-order valence-electron chi connectivity index (χ4n) is 1.80. The smallest absolute Gasteiger partial charge is 0.130 e. The lowest BCUT2D eigenvalue weighted by Crippen LogP contribution is -2.27. The van der Waals surface area contributed by atoms with E-state index in [0.717, 1.165) is 18.9 Å². The van der Waals surface area contributed by atoms with E-state index in [2.05, 4.69) is 26.1 Å². The minimum atomic E-state index is -0.529. The average Bonchev–Trinajstić information content (AvgIpc) is 2.27. The molecule has 0 bridgehead atoms. The van der Waals surface area contributed by atoms with Crippen molar-refractivity contribution in [3.8, 4) is 0 Å². The summed E-state index contributed by atoms with van der Waals surface area (Å²) in [5.41, 5.74) is 0.516. The van der Waals surface area contributed by atoms with Crippen LogP contribution >= 0.6 is 0 Å². The molecule has 0 aliphatic heterocycles. The van der Waals surface area contributed by atoms with Gasteiger partial charge >= 0.3 is 0 Å². The normalized spacial score (nSPS) is 14.6. The van der Waals surface area contributed by atoms with E-state index in [0.29, 0.717) is 24.1 Å². The maximum atomic E-state index is 13.3. The van der Waals surface area contributed by atoms with Gasteiger partial charge in [-0.2, -0.15) is 0 Å². The molecule has 17 heavy (non-hydrogen) atoms. The Morgan fingerprint density at radius 1 is 1.24 bits per heavy atom. The third kappa shape index (κ3) is 4.82. The largest absolute Gasteiger partial charge is 0.310 e. The first kappa shape index (κ1) is 14.1. The van der Waals surface area contributed by atoms with E-state index in [9.17, 15) is 8.78 Å². The molecule has 0 fully saturated rings. The third-order valence-electron chi connectivity index (χ3n) is 3.11. The van der Waals surface area contributed by atoms with Gasteiger partial charge in [0.25, 0.3) is 0 Å². The van der Waals surface area contributed by atoms with Crippen LogP contribution in [0.4, 0.5) is 8.78 Å². The quantitative estimate of drug-likeness (QED) is 0.797. The van der Waals surface area contributed by atoms with Crippen LogP contribution in [-0.4, -0.2) is 6.04 Å². The van der Waals surface area contributed by atoms with Crippen molar-refractivity contribution in [1.29, 1.82) is 0 Å². The van der Waals surface area contributed by atoms with Crippen LogP contribution in [0.1, 0.15) is 39.2 Å². The Morgan fingerprint density at radius 3 is 2.53 bits per heavy atom. The Kier molecular flexibility index (Phi) is 5.56. The van der Waals surface area contributed by atoms with Crippen LogP contribution in [0.2, 0.25) is 0 Å². The molecule has 0 saturated carbocycles. The minimum absolute atomic E-state index is 0.342. The lowest BCUT2D eigenvalue weighted by Gasteiger charge is -2.17. The van der Waals surface area contributed by atoms with E-state index in [1.807, 2.05) is 0 Å². The van der Waals surface area contributed by atoms with Crippen molar-refractivity contribution in [2.75, 3.05) is 0 Å². The highest BCUT2D eigenvalue weighted by Gasteiger charge is 2.08. The molecule has 1 aromatic carbocycles. The highest BCUT2D eigenvalue weighted by molar-refractivity contribution is 5.18. The SMILES string of the molecule is CCC(C)CC(C)NCc1ccc(F)cc1F. The second kappa shape index (κ2) is 6.70. The van der Waals surface area contributed by atoms with Crippen LogP contribution in [0.25, 0.3) is 0 Å². The van der Waals surface area contributed by atoms with Crippen molar-refractivity contribution in [3.63, 3.8) is 0 Å². The summed E-state index contributed by atoms with van der Waals surface area (Å²) in [4.78, 5) is 0. The van der Waals surface area contributed by atoms with E-state index in [4.69, 9.17) is 0 Å². The van der Waals surface area contributed by atoms with Crippen LogP contribution in [0.15, 0.2) is 18.2 Å². The van der Waals surface area contributed by atoms with Crippen LogP contribution in [0.5, 0.6) is 0 Å². The summed E-state index contributed by atoms with van der Waals surface area (Å²) >= 11 is 0. The number of rotatable bonds is 6. The molecule has 0 radical (unpaired) electrons. The Hall–Kier alpha value is -0.960. The fourth-order valence-corrected chi connectivity index (χ4v) is 1.80. The number of halogens is 2. The standard InChI is InChI=1S/C14H21F2N/c1-4-10(2)7-11(3)17-9-12-5-6-13(15)8-14(12)16/h5-6,8,10-11,17H,4,7,9H2,1-3H3. The minimum Gasteiger partial charge on any atom is -0.310 e. The monoisotopic (exact) mass is 241 g/mol. The molecule has 96 valence electrons. The average molecular weight is 241 g/mol. The first-order chi connectivity index (χ1) is 8.02. The topological polar surface area (TPSA) is 12.0 Å². The van der Waals surface area contributed by atoms with Gasteiger partial charge in [0.2, 0.25) is 0 Å². The van der Waals surface area contributed by atoms with Gasteiger partial charge in [-0.05, 0) is 25.3 Å². The number of hydrogen-bond acceptors (Lipinski definition) is 1. The van der Waals surface area contributed by atoms with Crippen LogP contribution in [0, 0.1) is 17.6 Å². The molecule has 0 aromatic heterocycles. The first-order valence-corrected chi connectivity index (χ1v) is 6.20. The lowest BCUT2D eigenvalue weighted by molar-refractivity contribution is 0.409. The summed E-state index contributed by atoms with van der Waals surface area (Å²) in [5.74, 6) is -0.345. The van der Waals surface area contributed by atoms with Gasteiger partial charge in [0.1, 0.15) is 11.6 Å². The Bertz CT molecular complexity index is 352. The molecule has 1 N–H and O–H groups in total. The molecule has 0 heterocycles. The molecule has 1 aromatic rings. The zero-order valence-electron chi connectivity index (χ0n) is 10.8. The number of nitrogens with one attached hydrogen (secondary N) is 1. The molecule has 3 heteroatoms. The molecule has 2 unspecified atom stereocenters. The van der Waals surface area contributed by atoms with Gasteiger partial charge in [0.05, 0.1) is 0 Å². The van der Waals surface area contributed by atoms with Gasteiger partial charge in [-0.3, -0.25) is 0 Å². The summed E-state index contributed by atoms with van der Waals surface area (Å²) in [6.07, 6.45) is 2.22. The number of benzene rings is 1. The zero-order chi connectivity index (χ0) is 12.8. The van der Waals surface area contributed by atoms with Crippen molar-refractivity contribution in [2.24, 2.45) is 5.92 Å². The van der Waals surface area contributed by atoms with Crippen LogP contribution in [0.3, 0.4) is 0 Å². The molecule has 1 rings (SSSR count). The fraction of sp³-hybridized carbons (Fsp3) is 0.571. The van der Waals surface area contributed by atoms with Crippen molar-refractivity contribution >= 4 is 0 Å². The van der Waals surface area contributed by atoms with Gasteiger partial charge in [-0.15, -0.1) is 0 Å². The maximum Gasteiger partial charge on any atom is 0.130 e. The predicted molar refractivity (Wildman–Crippen MR) is 66.7 cm³/mol. The molecule has 0 spiro atoms. The van der Waals surface area contributed by atoms with Gasteiger partial charge in [0.15, 0.2) is 0 Å². The first-order valence-electron chi connectivity index (χ1n) is 6.20. The summed E-state index contributed by atoms with van der Waals surface area (Å²) in [6, 6.07) is 4.05. The van der Waals surface area contributed by atoms with Gasteiger partial charge in [0, 0.05) is 24.2 Å². The Morgan fingerprint density at radius 2 is 1.94 bits per heavy atom. The lowest BCUT2D eigenvalue weighted by atomic mass is 10.0. The van der Waals surface area contributed by atoms with Crippen molar-refractivity contribution in [3.05, 3.63) is 35.4 Å². The molecule has 0 amide bonds. The highest BCUT2D eigenvalue weighted by Crippen LogP contribution is 2.12. The molecular weight excluding hydrogens is 220 g/mol. The second-order valence-electron chi connectivity index (χ2n) is 4.77. The van der Waals surface area contributed by atoms with Gasteiger partial charge in [-0.1, -0.05) is 26.3 Å². The second-order valence-corrected chi connectivity index (χ2v) is 4.77. The van der Waals surface area contributed by atoms with E-state index < -0.39 is 11.6 Å². The molecule has 0 aliphatic carbocycles. The Labute approximate surface area is 102 Å². The van der Waals surface area contributed by atoms with E-state index in [-0.39, 0.29) is 0 Å². The van der Waals surface area contributed by atoms with Gasteiger partial charge in [-0.25, -0.2) is 8.78 Å². The Balaban J connectivity index is 2.44. The van der Waals surface area contributed by atoms with E-state index in [1.165, 1.54) is 12.1 Å². The number of hydrogen-bond donors (Lipinski definition) is 1. The van der Waals surface area contributed by atoms with Crippen LogP contribution in [-0.2, 0) is 6.54 Å². The van der Waals surface area contributed by atoms with E-state index in [1.54, 1.807) is 0 Å². The highest BCUT2D eigenvalue weighted by atomic mass is 19.1. The van der Waals surface area contributed by atoms with Gasteiger partial charge < -0.3 is 5.32 Å². The van der Waals surface area contributed by atoms with Crippen molar-refractivity contribution in [1.82, 2.24) is 5.32 Å². The molecule has 0 saturated heterocycles. The molecule has 0 aliphatic rings. The summed E-state index contributed by atoms with van der Waals surface area (Å²) < 4.78 is 26.1. The zero-order valence-corrected chi connectivity index (χ0v) is 10.8. The summed E-state index contributed by atoms with van der Waals surface area (Å²) in [7, 11) is 0. The third-order valence-corrected chi connectivity index (χ3v) is 3.11. The molecular formula is C14H21F2N. The predicted octanol–water partition coefficient (Wildman–Crippen LogP) is 3.88. The molecule has 1 nitrogen and oxygen atoms in total. The van der Waals surface area contributed by atoms with Crippen LogP contribution < -0.4 is 5.32 Å². The van der Waals surface area contributed by atoms with Crippen molar-refractivity contribution in [2.45, 2.75) is 46.2 Å². The summed E-state index contributed by atoms with van der Waals surface area (Å²) in [5, 5.41) is 3.26.